The predicted molar refractivity (Wildman–Crippen MR) is 115 cm³/mol. The van der Waals surface area contributed by atoms with Gasteiger partial charge in [-0.15, -0.1) is 0 Å². The van der Waals surface area contributed by atoms with E-state index in [1.165, 1.54) is 11.3 Å². The molecule has 0 bridgehead atoms. The first kappa shape index (κ1) is 22.4. The Kier molecular flexibility index (Phi) is 7.33. The van der Waals surface area contributed by atoms with Gasteiger partial charge in [0.05, 0.1) is 10.6 Å². The predicted octanol–water partition coefficient (Wildman–Crippen LogP) is 2.90. The summed E-state index contributed by atoms with van der Waals surface area (Å²) in [5, 5.41) is 11.2. The van der Waals surface area contributed by atoms with Crippen LogP contribution in [0.25, 0.3) is 10.4 Å². The lowest BCUT2D eigenvalue weighted by Gasteiger charge is -2.20. The Hall–Kier alpha value is -2.94. The molecule has 2 rings (SSSR count). The van der Waals surface area contributed by atoms with Crippen LogP contribution in [0.15, 0.2) is 24.3 Å². The highest BCUT2D eigenvalue weighted by Gasteiger charge is 2.15. The molecule has 0 fully saturated rings. The van der Waals surface area contributed by atoms with Gasteiger partial charge in [0.15, 0.2) is 5.13 Å². The van der Waals surface area contributed by atoms with Gasteiger partial charge in [-0.3, -0.25) is 14.9 Å². The number of carbonyl (C=O) groups excluding carboxylic acids is 3. The molecule has 0 aliphatic carbocycles. The molecule has 0 unspecified atom stereocenters. The average molecular weight is 418 g/mol. The molecule has 29 heavy (non-hydrogen) atoms. The highest BCUT2D eigenvalue weighted by atomic mass is 32.1. The van der Waals surface area contributed by atoms with Crippen LogP contribution >= 0.6 is 11.3 Å². The molecule has 9 heteroatoms. The number of benzene rings is 1. The molecule has 0 spiro atoms. The number of carbonyl (C=O) groups is 3. The standard InChI is InChI=1S/C20H27N5O3S/c1-12-16(13-6-8-14(9-7-13)17(27)21-5)29-19(23-12)24-18(28)22-11-10-15(26)25-20(2,3)4/h6-9H,10-11H2,1-5H3,(H,21,27)(H,25,26)(H2,22,23,24,28). The summed E-state index contributed by atoms with van der Waals surface area (Å²) in [5.74, 6) is -0.266. The highest BCUT2D eigenvalue weighted by molar-refractivity contribution is 7.19. The lowest BCUT2D eigenvalue weighted by atomic mass is 10.1. The van der Waals surface area contributed by atoms with Crippen molar-refractivity contribution in [1.82, 2.24) is 20.9 Å². The lowest BCUT2D eigenvalue weighted by Crippen LogP contribution is -2.42. The second-order valence-corrected chi connectivity index (χ2v) is 8.52. The molecule has 4 N–H and O–H groups in total. The van der Waals surface area contributed by atoms with Crippen molar-refractivity contribution in [2.75, 3.05) is 18.9 Å². The molecule has 8 nitrogen and oxygen atoms in total. The third kappa shape index (κ3) is 6.86. The second kappa shape index (κ2) is 9.51. The lowest BCUT2D eigenvalue weighted by molar-refractivity contribution is -0.122. The van der Waals surface area contributed by atoms with Crippen LogP contribution in [0.3, 0.4) is 0 Å². The highest BCUT2D eigenvalue weighted by Crippen LogP contribution is 2.32. The van der Waals surface area contributed by atoms with Crippen molar-refractivity contribution in [1.29, 1.82) is 0 Å². The van der Waals surface area contributed by atoms with Crippen LogP contribution in [0.4, 0.5) is 9.93 Å². The molecule has 1 aromatic carbocycles. The summed E-state index contributed by atoms with van der Waals surface area (Å²) in [6, 6.07) is 6.78. The van der Waals surface area contributed by atoms with E-state index < -0.39 is 6.03 Å². The molecule has 1 aromatic heterocycles. The maximum Gasteiger partial charge on any atom is 0.321 e. The largest absolute Gasteiger partial charge is 0.355 e. The first-order chi connectivity index (χ1) is 13.6. The third-order valence-corrected chi connectivity index (χ3v) is 4.93. The Bertz CT molecular complexity index is 885. The summed E-state index contributed by atoms with van der Waals surface area (Å²) in [6.45, 7) is 7.79. The number of anilines is 1. The van der Waals surface area contributed by atoms with Crippen molar-refractivity contribution in [3.63, 3.8) is 0 Å². The van der Waals surface area contributed by atoms with Gasteiger partial charge in [0.2, 0.25) is 5.91 Å². The Labute approximate surface area is 174 Å². The Balaban J connectivity index is 1.92. The summed E-state index contributed by atoms with van der Waals surface area (Å²) >= 11 is 1.35. The van der Waals surface area contributed by atoms with Crippen molar-refractivity contribution < 1.29 is 14.4 Å². The SMILES string of the molecule is CNC(=O)c1ccc(-c2sc(NC(=O)NCCC(=O)NC(C)(C)C)nc2C)cc1. The third-order valence-electron chi connectivity index (χ3n) is 3.81. The summed E-state index contributed by atoms with van der Waals surface area (Å²) in [7, 11) is 1.59. The molecule has 0 aliphatic rings. The van der Waals surface area contributed by atoms with Crippen molar-refractivity contribution in [2.24, 2.45) is 0 Å². The Morgan fingerprint density at radius 3 is 2.34 bits per heavy atom. The molecule has 4 amide bonds. The zero-order valence-electron chi connectivity index (χ0n) is 17.3. The van der Waals surface area contributed by atoms with E-state index in [0.717, 1.165) is 16.1 Å². The number of thiazole rings is 1. The minimum Gasteiger partial charge on any atom is -0.355 e. The number of hydrogen-bond acceptors (Lipinski definition) is 5. The fourth-order valence-corrected chi connectivity index (χ4v) is 3.51. The van der Waals surface area contributed by atoms with Crippen LogP contribution in [-0.2, 0) is 4.79 Å². The van der Waals surface area contributed by atoms with Gasteiger partial charge in [0, 0.05) is 31.1 Å². The van der Waals surface area contributed by atoms with E-state index in [2.05, 4.69) is 26.3 Å². The number of urea groups is 1. The van der Waals surface area contributed by atoms with Gasteiger partial charge in [-0.2, -0.15) is 0 Å². The molecular formula is C20H27N5O3S. The zero-order chi connectivity index (χ0) is 21.6. The number of amides is 4. The maximum atomic E-state index is 12.1. The Morgan fingerprint density at radius 2 is 1.76 bits per heavy atom. The molecule has 0 saturated carbocycles. The minimum absolute atomic E-state index is 0.120. The molecule has 0 aliphatic heterocycles. The molecule has 156 valence electrons. The van der Waals surface area contributed by atoms with Gasteiger partial charge in [0.25, 0.3) is 5.91 Å². The maximum absolute atomic E-state index is 12.1. The van der Waals surface area contributed by atoms with Gasteiger partial charge in [-0.25, -0.2) is 9.78 Å². The van der Waals surface area contributed by atoms with Crippen LogP contribution in [0.5, 0.6) is 0 Å². The molecule has 2 aromatic rings. The number of hydrogen-bond donors (Lipinski definition) is 4. The Morgan fingerprint density at radius 1 is 1.10 bits per heavy atom. The van der Waals surface area contributed by atoms with Gasteiger partial charge in [-0.1, -0.05) is 23.5 Å². The molecule has 1 heterocycles. The molecule has 0 radical (unpaired) electrons. The van der Waals surface area contributed by atoms with Crippen LogP contribution in [0, 0.1) is 6.92 Å². The van der Waals surface area contributed by atoms with Crippen LogP contribution in [0.1, 0.15) is 43.2 Å². The summed E-state index contributed by atoms with van der Waals surface area (Å²) in [6.07, 6.45) is 0.199. The number of aromatic nitrogens is 1. The number of nitrogens with zero attached hydrogens (tertiary/aromatic N) is 1. The monoisotopic (exact) mass is 417 g/mol. The van der Waals surface area contributed by atoms with E-state index in [1.807, 2.05) is 39.8 Å². The first-order valence-corrected chi connectivity index (χ1v) is 10.1. The number of rotatable bonds is 6. The molecular weight excluding hydrogens is 390 g/mol. The van der Waals surface area contributed by atoms with E-state index in [-0.39, 0.29) is 30.3 Å². The summed E-state index contributed by atoms with van der Waals surface area (Å²) < 4.78 is 0. The van der Waals surface area contributed by atoms with Crippen molar-refractivity contribution in [2.45, 2.75) is 39.7 Å². The van der Waals surface area contributed by atoms with Crippen LogP contribution in [-0.4, -0.2) is 42.0 Å². The van der Waals surface area contributed by atoms with E-state index in [9.17, 15) is 14.4 Å². The summed E-state index contributed by atoms with van der Waals surface area (Å²) in [5.41, 5.74) is 1.97. The van der Waals surface area contributed by atoms with Crippen LogP contribution in [0.2, 0.25) is 0 Å². The van der Waals surface area contributed by atoms with E-state index in [1.54, 1.807) is 19.2 Å². The normalized spacial score (nSPS) is 10.9. The van der Waals surface area contributed by atoms with Gasteiger partial charge in [-0.05, 0) is 45.4 Å². The van der Waals surface area contributed by atoms with Gasteiger partial charge < -0.3 is 16.0 Å². The van der Waals surface area contributed by atoms with Crippen molar-refractivity contribution in [3.05, 3.63) is 35.5 Å². The van der Waals surface area contributed by atoms with Crippen molar-refractivity contribution in [3.8, 4) is 10.4 Å². The average Bonchev–Trinajstić information content (AvgIpc) is 2.99. The van der Waals surface area contributed by atoms with Crippen molar-refractivity contribution >= 4 is 34.3 Å². The fourth-order valence-electron chi connectivity index (χ4n) is 2.55. The quantitative estimate of drug-likeness (QED) is 0.579. The first-order valence-electron chi connectivity index (χ1n) is 9.25. The second-order valence-electron chi connectivity index (χ2n) is 7.52. The number of aryl methyl sites for hydroxylation is 1. The topological polar surface area (TPSA) is 112 Å². The number of nitrogens with one attached hydrogen (secondary N) is 4. The van der Waals surface area contributed by atoms with E-state index in [4.69, 9.17) is 0 Å². The molecule has 0 atom stereocenters. The smallest absolute Gasteiger partial charge is 0.321 e. The van der Waals surface area contributed by atoms with Crippen LogP contribution < -0.4 is 21.3 Å². The zero-order valence-corrected chi connectivity index (χ0v) is 18.1. The van der Waals surface area contributed by atoms with E-state index in [0.29, 0.717) is 10.7 Å². The van der Waals surface area contributed by atoms with Gasteiger partial charge >= 0.3 is 6.03 Å². The molecule has 0 saturated heterocycles. The summed E-state index contributed by atoms with van der Waals surface area (Å²) in [4.78, 5) is 40.8. The fraction of sp³-hybridized carbons (Fsp3) is 0.400. The van der Waals surface area contributed by atoms with E-state index >= 15 is 0 Å². The minimum atomic E-state index is -0.413. The van der Waals surface area contributed by atoms with Gasteiger partial charge in [0.1, 0.15) is 0 Å².